The summed E-state index contributed by atoms with van der Waals surface area (Å²) in [6, 6.07) is 11.2. The fourth-order valence-corrected chi connectivity index (χ4v) is 3.30. The Kier molecular flexibility index (Phi) is 4.38. The fourth-order valence-electron chi connectivity index (χ4n) is 2.95. The van der Waals surface area contributed by atoms with Gasteiger partial charge in [0.05, 0.1) is 5.69 Å². The lowest BCUT2D eigenvalue weighted by Gasteiger charge is -2.17. The molecule has 1 aromatic heterocycles. The van der Waals surface area contributed by atoms with E-state index >= 15 is 0 Å². The highest BCUT2D eigenvalue weighted by Gasteiger charge is 2.35. The zero-order valence-electron chi connectivity index (χ0n) is 13.3. The molecule has 0 bridgehead atoms. The Morgan fingerprint density at radius 1 is 1.15 bits per heavy atom. The summed E-state index contributed by atoms with van der Waals surface area (Å²) in [5, 5.41) is 4.90. The Hall–Kier alpha value is -2.44. The molecule has 1 unspecified atom stereocenters. The standard InChI is InChI=1S/C18H12Cl2FN3O2/c19-12-3-1-2-10(6-12)18-22-17(23-26-18)11-7-16(25)24(9-11)15-8-13(20)4-5-14(15)21/h1-6,8,11H,7,9H2. The van der Waals surface area contributed by atoms with Gasteiger partial charge in [0.2, 0.25) is 5.91 Å². The smallest absolute Gasteiger partial charge is 0.257 e. The molecular formula is C18H12Cl2FN3O2. The average molecular weight is 392 g/mol. The van der Waals surface area contributed by atoms with E-state index in [0.717, 1.165) is 0 Å². The molecule has 1 aliphatic rings. The van der Waals surface area contributed by atoms with Crippen LogP contribution in [0.5, 0.6) is 0 Å². The number of benzene rings is 2. The van der Waals surface area contributed by atoms with E-state index < -0.39 is 5.82 Å². The third-order valence-electron chi connectivity index (χ3n) is 4.20. The first kappa shape index (κ1) is 17.0. The van der Waals surface area contributed by atoms with Crippen LogP contribution < -0.4 is 4.90 Å². The minimum absolute atomic E-state index is 0.156. The van der Waals surface area contributed by atoms with Gasteiger partial charge >= 0.3 is 0 Å². The molecule has 1 saturated heterocycles. The molecule has 0 spiro atoms. The summed E-state index contributed by atoms with van der Waals surface area (Å²) in [5.41, 5.74) is 0.849. The van der Waals surface area contributed by atoms with E-state index in [-0.39, 0.29) is 30.5 Å². The molecule has 0 radical (unpaired) electrons. The van der Waals surface area contributed by atoms with E-state index in [9.17, 15) is 9.18 Å². The molecule has 132 valence electrons. The number of amides is 1. The molecule has 0 aliphatic carbocycles. The number of carbonyl (C=O) groups excluding carboxylic acids is 1. The van der Waals surface area contributed by atoms with Crippen molar-refractivity contribution in [1.82, 2.24) is 10.1 Å². The Labute approximate surface area is 158 Å². The topological polar surface area (TPSA) is 59.2 Å². The van der Waals surface area contributed by atoms with Crippen LogP contribution in [-0.2, 0) is 4.79 Å². The number of nitrogens with zero attached hydrogens (tertiary/aromatic N) is 3. The summed E-state index contributed by atoms with van der Waals surface area (Å²) in [7, 11) is 0. The Morgan fingerprint density at radius 2 is 1.96 bits per heavy atom. The lowest BCUT2D eigenvalue weighted by atomic mass is 10.1. The summed E-state index contributed by atoms with van der Waals surface area (Å²) >= 11 is 11.9. The normalized spacial score (nSPS) is 17.1. The highest BCUT2D eigenvalue weighted by atomic mass is 35.5. The van der Waals surface area contributed by atoms with E-state index in [1.54, 1.807) is 24.3 Å². The van der Waals surface area contributed by atoms with Crippen molar-refractivity contribution in [2.75, 3.05) is 11.4 Å². The van der Waals surface area contributed by atoms with Crippen molar-refractivity contribution in [3.63, 3.8) is 0 Å². The van der Waals surface area contributed by atoms with Gasteiger partial charge in [0.15, 0.2) is 5.82 Å². The predicted molar refractivity (Wildman–Crippen MR) is 95.9 cm³/mol. The number of anilines is 1. The van der Waals surface area contributed by atoms with Gasteiger partial charge in [-0.25, -0.2) is 4.39 Å². The first-order chi connectivity index (χ1) is 12.5. The van der Waals surface area contributed by atoms with Gasteiger partial charge in [-0.1, -0.05) is 34.4 Å². The van der Waals surface area contributed by atoms with Gasteiger partial charge in [0, 0.05) is 34.5 Å². The van der Waals surface area contributed by atoms with Crippen molar-refractivity contribution in [1.29, 1.82) is 0 Å². The molecule has 1 amide bonds. The minimum Gasteiger partial charge on any atom is -0.334 e. The summed E-state index contributed by atoms with van der Waals surface area (Å²) in [6.45, 7) is 0.255. The molecule has 2 heterocycles. The van der Waals surface area contributed by atoms with Gasteiger partial charge in [-0.15, -0.1) is 0 Å². The molecule has 2 aromatic carbocycles. The number of carbonyl (C=O) groups is 1. The number of hydrogen-bond acceptors (Lipinski definition) is 4. The second-order valence-corrected chi connectivity index (χ2v) is 6.84. The van der Waals surface area contributed by atoms with E-state index in [1.165, 1.54) is 23.1 Å². The number of hydrogen-bond donors (Lipinski definition) is 0. The first-order valence-corrected chi connectivity index (χ1v) is 8.62. The highest BCUT2D eigenvalue weighted by Crippen LogP contribution is 2.34. The molecule has 1 aliphatic heterocycles. The summed E-state index contributed by atoms with van der Waals surface area (Å²) in [4.78, 5) is 18.1. The SMILES string of the molecule is O=C1CC(c2noc(-c3cccc(Cl)c3)n2)CN1c1cc(Cl)ccc1F. The second-order valence-electron chi connectivity index (χ2n) is 5.97. The third kappa shape index (κ3) is 3.18. The van der Waals surface area contributed by atoms with Crippen LogP contribution in [-0.4, -0.2) is 22.6 Å². The predicted octanol–water partition coefficient (Wildman–Crippen LogP) is 4.70. The van der Waals surface area contributed by atoms with Gasteiger partial charge in [0.1, 0.15) is 5.82 Å². The number of aromatic nitrogens is 2. The van der Waals surface area contributed by atoms with E-state index in [1.807, 2.05) is 0 Å². The zero-order chi connectivity index (χ0) is 18.3. The van der Waals surface area contributed by atoms with Crippen LogP contribution in [0.1, 0.15) is 18.2 Å². The van der Waals surface area contributed by atoms with E-state index in [4.69, 9.17) is 27.7 Å². The van der Waals surface area contributed by atoms with E-state index in [2.05, 4.69) is 10.1 Å². The number of rotatable bonds is 3. The molecule has 0 N–H and O–H groups in total. The highest BCUT2D eigenvalue weighted by molar-refractivity contribution is 6.31. The quantitative estimate of drug-likeness (QED) is 0.648. The summed E-state index contributed by atoms with van der Waals surface area (Å²) in [6.07, 6.45) is 0.167. The fraction of sp³-hybridized carbons (Fsp3) is 0.167. The molecule has 4 rings (SSSR count). The third-order valence-corrected chi connectivity index (χ3v) is 4.67. The van der Waals surface area contributed by atoms with Gasteiger partial charge in [-0.2, -0.15) is 4.98 Å². The van der Waals surface area contributed by atoms with Crippen molar-refractivity contribution in [2.24, 2.45) is 0 Å². The van der Waals surface area contributed by atoms with Crippen molar-refractivity contribution in [2.45, 2.75) is 12.3 Å². The Morgan fingerprint density at radius 3 is 2.77 bits per heavy atom. The Bertz CT molecular complexity index is 992. The molecule has 0 saturated carbocycles. The van der Waals surface area contributed by atoms with Gasteiger partial charge in [-0.05, 0) is 36.4 Å². The average Bonchev–Trinajstić information content (AvgIpc) is 3.24. The molecule has 5 nitrogen and oxygen atoms in total. The lowest BCUT2D eigenvalue weighted by molar-refractivity contribution is -0.117. The second kappa shape index (κ2) is 6.70. The van der Waals surface area contributed by atoms with Crippen LogP contribution in [0.2, 0.25) is 10.0 Å². The van der Waals surface area contributed by atoms with Crippen LogP contribution in [0.4, 0.5) is 10.1 Å². The zero-order valence-corrected chi connectivity index (χ0v) is 14.8. The first-order valence-electron chi connectivity index (χ1n) is 7.86. The maximum Gasteiger partial charge on any atom is 0.257 e. The maximum atomic E-state index is 14.1. The van der Waals surface area contributed by atoms with Crippen LogP contribution >= 0.6 is 23.2 Å². The van der Waals surface area contributed by atoms with Crippen molar-refractivity contribution in [3.05, 3.63) is 64.2 Å². The summed E-state index contributed by atoms with van der Waals surface area (Å²) in [5.74, 6) is -0.292. The van der Waals surface area contributed by atoms with Crippen LogP contribution in [0, 0.1) is 5.82 Å². The maximum absolute atomic E-state index is 14.1. The van der Waals surface area contributed by atoms with Gasteiger partial charge < -0.3 is 9.42 Å². The van der Waals surface area contributed by atoms with Crippen molar-refractivity contribution >= 4 is 34.8 Å². The molecule has 26 heavy (non-hydrogen) atoms. The molecular weight excluding hydrogens is 380 g/mol. The minimum atomic E-state index is -0.504. The van der Waals surface area contributed by atoms with E-state index in [0.29, 0.717) is 27.3 Å². The molecule has 3 aromatic rings. The van der Waals surface area contributed by atoms with Crippen molar-refractivity contribution in [3.8, 4) is 11.5 Å². The van der Waals surface area contributed by atoms with Crippen LogP contribution in [0.25, 0.3) is 11.5 Å². The number of halogens is 3. The Balaban J connectivity index is 1.59. The monoisotopic (exact) mass is 391 g/mol. The lowest BCUT2D eigenvalue weighted by Crippen LogP contribution is -2.25. The summed E-state index contributed by atoms with van der Waals surface area (Å²) < 4.78 is 19.4. The molecule has 8 heteroatoms. The van der Waals surface area contributed by atoms with Crippen molar-refractivity contribution < 1.29 is 13.7 Å². The molecule has 1 atom stereocenters. The van der Waals surface area contributed by atoms with Crippen LogP contribution in [0.3, 0.4) is 0 Å². The van der Waals surface area contributed by atoms with Gasteiger partial charge in [-0.3, -0.25) is 4.79 Å². The van der Waals surface area contributed by atoms with Crippen LogP contribution in [0.15, 0.2) is 47.0 Å². The van der Waals surface area contributed by atoms with Gasteiger partial charge in [0.25, 0.3) is 5.89 Å². The molecule has 1 fully saturated rings. The largest absolute Gasteiger partial charge is 0.334 e.